The van der Waals surface area contributed by atoms with E-state index in [1.807, 2.05) is 18.2 Å². The highest BCUT2D eigenvalue weighted by Crippen LogP contribution is 2.10. The van der Waals surface area contributed by atoms with Gasteiger partial charge < -0.3 is 5.32 Å². The maximum absolute atomic E-state index is 5.93. The molecule has 0 bridgehead atoms. The molecule has 0 spiro atoms. The molecule has 0 aliphatic rings. The summed E-state index contributed by atoms with van der Waals surface area (Å²) in [5.74, 6) is 0. The van der Waals surface area contributed by atoms with E-state index in [0.29, 0.717) is 0 Å². The molecule has 18 heavy (non-hydrogen) atoms. The molecular weight excluding hydrogens is 265 g/mol. The summed E-state index contributed by atoms with van der Waals surface area (Å²) in [6.45, 7) is 4.29. The van der Waals surface area contributed by atoms with Gasteiger partial charge in [-0.25, -0.2) is 0 Å². The Balaban J connectivity index is 0.00000289. The van der Waals surface area contributed by atoms with Crippen LogP contribution in [0.3, 0.4) is 0 Å². The number of hydrogen-bond acceptors (Lipinski definition) is 1. The summed E-state index contributed by atoms with van der Waals surface area (Å²) in [5.41, 5.74) is 1.27. The van der Waals surface area contributed by atoms with Gasteiger partial charge in [-0.05, 0) is 30.7 Å². The Morgan fingerprint density at radius 1 is 1.06 bits per heavy atom. The zero-order valence-electron chi connectivity index (χ0n) is 11.3. The lowest BCUT2D eigenvalue weighted by Gasteiger charge is -2.05. The molecule has 3 heteroatoms. The summed E-state index contributed by atoms with van der Waals surface area (Å²) >= 11 is 5.93. The number of halogens is 2. The molecule has 0 aliphatic heterocycles. The lowest BCUT2D eigenvalue weighted by atomic mass is 10.1. The fraction of sp³-hybridized carbons (Fsp3) is 0.600. The minimum absolute atomic E-state index is 0. The Labute approximate surface area is 123 Å². The molecule has 0 unspecified atom stereocenters. The van der Waals surface area contributed by atoms with Crippen molar-refractivity contribution < 1.29 is 0 Å². The third kappa shape index (κ3) is 8.79. The molecule has 104 valence electrons. The first-order chi connectivity index (χ1) is 8.33. The third-order valence-electron chi connectivity index (χ3n) is 2.93. The van der Waals surface area contributed by atoms with Crippen molar-refractivity contribution in [2.45, 2.75) is 52.0 Å². The zero-order valence-corrected chi connectivity index (χ0v) is 12.8. The van der Waals surface area contributed by atoms with Crippen LogP contribution in [0.5, 0.6) is 0 Å². The SMILES string of the molecule is CCCCCCCCNCc1cccc(Cl)c1.Cl. The summed E-state index contributed by atoms with van der Waals surface area (Å²) in [6.07, 6.45) is 8.12. The van der Waals surface area contributed by atoms with E-state index in [1.165, 1.54) is 44.1 Å². The number of rotatable bonds is 9. The number of nitrogens with one attached hydrogen (secondary N) is 1. The monoisotopic (exact) mass is 289 g/mol. The highest BCUT2D eigenvalue weighted by Gasteiger charge is 1.94. The fourth-order valence-electron chi connectivity index (χ4n) is 1.91. The molecule has 0 saturated carbocycles. The van der Waals surface area contributed by atoms with E-state index in [4.69, 9.17) is 11.6 Å². The molecule has 0 fully saturated rings. The molecule has 1 rings (SSSR count). The second kappa shape index (κ2) is 11.8. The van der Waals surface area contributed by atoms with Crippen molar-refractivity contribution in [3.63, 3.8) is 0 Å². The Morgan fingerprint density at radius 2 is 1.78 bits per heavy atom. The zero-order chi connectivity index (χ0) is 12.3. The summed E-state index contributed by atoms with van der Waals surface area (Å²) in [4.78, 5) is 0. The van der Waals surface area contributed by atoms with Crippen molar-refractivity contribution in [1.82, 2.24) is 5.32 Å². The Hall–Kier alpha value is -0.240. The molecule has 0 radical (unpaired) electrons. The van der Waals surface area contributed by atoms with Crippen LogP contribution in [0.2, 0.25) is 5.02 Å². The van der Waals surface area contributed by atoms with Gasteiger partial charge in [0.05, 0.1) is 0 Å². The van der Waals surface area contributed by atoms with Crippen molar-refractivity contribution in [1.29, 1.82) is 0 Å². The molecule has 0 aliphatic carbocycles. The second-order valence-electron chi connectivity index (χ2n) is 4.57. The van der Waals surface area contributed by atoms with E-state index in [0.717, 1.165) is 18.1 Å². The van der Waals surface area contributed by atoms with E-state index in [9.17, 15) is 0 Å². The highest BCUT2D eigenvalue weighted by atomic mass is 35.5. The average Bonchev–Trinajstić information content (AvgIpc) is 2.33. The van der Waals surface area contributed by atoms with E-state index >= 15 is 0 Å². The van der Waals surface area contributed by atoms with E-state index in [2.05, 4.69) is 18.3 Å². The van der Waals surface area contributed by atoms with Crippen LogP contribution < -0.4 is 5.32 Å². The van der Waals surface area contributed by atoms with Gasteiger partial charge in [0.25, 0.3) is 0 Å². The van der Waals surface area contributed by atoms with Crippen LogP contribution in [-0.2, 0) is 6.54 Å². The molecule has 0 amide bonds. The summed E-state index contributed by atoms with van der Waals surface area (Å²) in [5, 5.41) is 4.28. The Bertz CT molecular complexity index is 302. The first-order valence-electron chi connectivity index (χ1n) is 6.78. The number of unbranched alkanes of at least 4 members (excludes halogenated alkanes) is 5. The summed E-state index contributed by atoms with van der Waals surface area (Å²) in [7, 11) is 0. The highest BCUT2D eigenvalue weighted by molar-refractivity contribution is 6.30. The maximum atomic E-state index is 5.93. The average molecular weight is 290 g/mol. The van der Waals surface area contributed by atoms with E-state index < -0.39 is 0 Å². The predicted octanol–water partition coefficient (Wildman–Crippen LogP) is 5.21. The van der Waals surface area contributed by atoms with Crippen molar-refractivity contribution in [2.24, 2.45) is 0 Å². The minimum Gasteiger partial charge on any atom is -0.313 e. The van der Waals surface area contributed by atoms with Crippen LogP contribution in [-0.4, -0.2) is 6.54 Å². The maximum Gasteiger partial charge on any atom is 0.0409 e. The van der Waals surface area contributed by atoms with Gasteiger partial charge in [0.1, 0.15) is 0 Å². The normalized spacial score (nSPS) is 10.1. The third-order valence-corrected chi connectivity index (χ3v) is 3.16. The molecular formula is C15H25Cl2N. The van der Waals surface area contributed by atoms with Gasteiger partial charge in [0.15, 0.2) is 0 Å². The molecule has 1 aromatic carbocycles. The molecule has 0 saturated heterocycles. The quantitative estimate of drug-likeness (QED) is 0.615. The lowest BCUT2D eigenvalue weighted by Crippen LogP contribution is -2.14. The van der Waals surface area contributed by atoms with Crippen LogP contribution in [0.1, 0.15) is 51.0 Å². The van der Waals surface area contributed by atoms with Crippen LogP contribution in [0, 0.1) is 0 Å². The van der Waals surface area contributed by atoms with Crippen molar-refractivity contribution in [3.8, 4) is 0 Å². The lowest BCUT2D eigenvalue weighted by molar-refractivity contribution is 0.572. The molecule has 0 heterocycles. The van der Waals surface area contributed by atoms with Crippen LogP contribution in [0.15, 0.2) is 24.3 Å². The second-order valence-corrected chi connectivity index (χ2v) is 5.01. The van der Waals surface area contributed by atoms with Crippen LogP contribution >= 0.6 is 24.0 Å². The van der Waals surface area contributed by atoms with Gasteiger partial charge in [-0.3, -0.25) is 0 Å². The molecule has 1 nitrogen and oxygen atoms in total. The summed E-state index contributed by atoms with van der Waals surface area (Å²) < 4.78 is 0. The first kappa shape index (κ1) is 17.8. The van der Waals surface area contributed by atoms with Crippen molar-refractivity contribution in [2.75, 3.05) is 6.54 Å². The Kier molecular flexibility index (Phi) is 11.7. The van der Waals surface area contributed by atoms with Gasteiger partial charge in [0.2, 0.25) is 0 Å². The summed E-state index contributed by atoms with van der Waals surface area (Å²) in [6, 6.07) is 8.05. The van der Waals surface area contributed by atoms with Crippen LogP contribution in [0.4, 0.5) is 0 Å². The largest absolute Gasteiger partial charge is 0.313 e. The van der Waals surface area contributed by atoms with Gasteiger partial charge >= 0.3 is 0 Å². The molecule has 0 aromatic heterocycles. The Morgan fingerprint density at radius 3 is 2.50 bits per heavy atom. The fourth-order valence-corrected chi connectivity index (χ4v) is 2.12. The smallest absolute Gasteiger partial charge is 0.0409 e. The predicted molar refractivity (Wildman–Crippen MR) is 83.8 cm³/mol. The topological polar surface area (TPSA) is 12.0 Å². The minimum atomic E-state index is 0. The first-order valence-corrected chi connectivity index (χ1v) is 7.16. The van der Waals surface area contributed by atoms with E-state index in [-0.39, 0.29) is 12.4 Å². The number of hydrogen-bond donors (Lipinski definition) is 1. The standard InChI is InChI=1S/C15H24ClN.ClH/c1-2-3-4-5-6-7-11-17-13-14-9-8-10-15(16)12-14;/h8-10,12,17H,2-7,11,13H2,1H3;1H. The van der Waals surface area contributed by atoms with E-state index in [1.54, 1.807) is 0 Å². The van der Waals surface area contributed by atoms with Crippen molar-refractivity contribution >= 4 is 24.0 Å². The molecule has 0 atom stereocenters. The number of benzene rings is 1. The van der Waals surface area contributed by atoms with Crippen LogP contribution in [0.25, 0.3) is 0 Å². The van der Waals surface area contributed by atoms with Gasteiger partial charge in [-0.1, -0.05) is 62.8 Å². The van der Waals surface area contributed by atoms with Gasteiger partial charge in [-0.15, -0.1) is 12.4 Å². The molecule has 1 aromatic rings. The van der Waals surface area contributed by atoms with Gasteiger partial charge in [0, 0.05) is 11.6 Å². The van der Waals surface area contributed by atoms with Crippen molar-refractivity contribution in [3.05, 3.63) is 34.9 Å². The molecule has 1 N–H and O–H groups in total. The van der Waals surface area contributed by atoms with Gasteiger partial charge in [-0.2, -0.15) is 0 Å².